The molecule has 0 saturated carbocycles. The van der Waals surface area contributed by atoms with Gasteiger partial charge in [-0.1, -0.05) is 12.5 Å². The summed E-state index contributed by atoms with van der Waals surface area (Å²) in [7, 11) is 1.71. The number of aryl methyl sites for hydroxylation is 1. The molecule has 1 aliphatic heterocycles. The Balaban J connectivity index is 1.96. The first-order valence-corrected chi connectivity index (χ1v) is 9.69. The number of aromatic nitrogens is 3. The monoisotopic (exact) mass is 422 g/mol. The number of primary amides is 1. The molecule has 3 heterocycles. The van der Waals surface area contributed by atoms with Crippen LogP contribution in [0.15, 0.2) is 30.0 Å². The maximum Gasteiger partial charge on any atom is 0.251 e. The molecule has 31 heavy (non-hydrogen) atoms. The fraction of sp³-hybridized carbons (Fsp3) is 0.318. The Morgan fingerprint density at radius 3 is 2.77 bits per heavy atom. The first-order chi connectivity index (χ1) is 14.8. The molecule has 2 N–H and O–H groups in total. The Bertz CT molecular complexity index is 1110. The average molecular weight is 422 g/mol. The molecule has 0 radical (unpaired) electrons. The van der Waals surface area contributed by atoms with Gasteiger partial charge in [-0.2, -0.15) is 5.10 Å². The minimum absolute atomic E-state index is 0.0123. The van der Waals surface area contributed by atoms with Gasteiger partial charge < -0.3 is 10.6 Å². The molecule has 2 atom stereocenters. The summed E-state index contributed by atoms with van der Waals surface area (Å²) in [4.78, 5) is 34.1. The highest BCUT2D eigenvalue weighted by molar-refractivity contribution is 6.00. The van der Waals surface area contributed by atoms with Crippen molar-refractivity contribution in [3.05, 3.63) is 42.0 Å². The van der Waals surface area contributed by atoms with Crippen molar-refractivity contribution in [1.82, 2.24) is 19.7 Å². The van der Waals surface area contributed by atoms with E-state index in [1.54, 1.807) is 29.0 Å². The van der Waals surface area contributed by atoms with Crippen LogP contribution in [0.1, 0.15) is 28.8 Å². The molecule has 160 valence electrons. The van der Waals surface area contributed by atoms with Crippen LogP contribution in [0.3, 0.4) is 0 Å². The first-order valence-electron chi connectivity index (χ1n) is 9.69. The Labute approximate surface area is 179 Å². The largest absolute Gasteiger partial charge is 0.366 e. The lowest BCUT2D eigenvalue weighted by Crippen LogP contribution is -2.46. The molecule has 0 aliphatic carbocycles. The molecule has 1 fully saturated rings. The second kappa shape index (κ2) is 8.92. The molecule has 8 nitrogen and oxygen atoms in total. The van der Waals surface area contributed by atoms with Crippen LogP contribution in [0, 0.1) is 31.0 Å². The van der Waals surface area contributed by atoms with Gasteiger partial charge in [0.05, 0.1) is 23.5 Å². The number of hydrogen-bond acceptors (Lipinski definition) is 5. The number of hydrogen-bond donors (Lipinski definition) is 1. The maximum absolute atomic E-state index is 14.9. The average Bonchev–Trinajstić information content (AvgIpc) is 3.19. The van der Waals surface area contributed by atoms with E-state index in [0.29, 0.717) is 24.9 Å². The van der Waals surface area contributed by atoms with Crippen LogP contribution in [0.5, 0.6) is 0 Å². The number of piperidine rings is 1. The number of nitrogens with two attached hydrogens (primary N) is 1. The molecule has 1 aliphatic rings. The molecule has 1 saturated heterocycles. The van der Waals surface area contributed by atoms with Crippen molar-refractivity contribution in [1.29, 1.82) is 0 Å². The number of aliphatic imine (C=N–C) groups is 1. The molecule has 0 spiro atoms. The Hall–Kier alpha value is -3.80. The van der Waals surface area contributed by atoms with Gasteiger partial charge in [0, 0.05) is 43.0 Å². The number of likely N-dealkylation sites (tertiary alicyclic amines) is 1. The summed E-state index contributed by atoms with van der Waals surface area (Å²) < 4.78 is 16.5. The van der Waals surface area contributed by atoms with E-state index in [0.717, 1.165) is 0 Å². The third-order valence-electron chi connectivity index (χ3n) is 5.26. The van der Waals surface area contributed by atoms with E-state index in [1.165, 1.54) is 19.2 Å². The third kappa shape index (κ3) is 4.38. The molecule has 2 amide bonds. The number of amides is 2. The van der Waals surface area contributed by atoms with Crippen molar-refractivity contribution in [3.8, 4) is 23.6 Å². The number of halogens is 1. The van der Waals surface area contributed by atoms with Gasteiger partial charge in [-0.05, 0) is 25.8 Å². The minimum atomic E-state index is -0.788. The summed E-state index contributed by atoms with van der Waals surface area (Å²) in [5.41, 5.74) is 6.27. The summed E-state index contributed by atoms with van der Waals surface area (Å²) in [5, 5.41) is 4.07. The van der Waals surface area contributed by atoms with Gasteiger partial charge in [0.25, 0.3) is 5.91 Å². The predicted molar refractivity (Wildman–Crippen MR) is 115 cm³/mol. The van der Waals surface area contributed by atoms with Gasteiger partial charge in [0.15, 0.2) is 11.6 Å². The lowest BCUT2D eigenvalue weighted by atomic mass is 9.93. The van der Waals surface area contributed by atoms with Crippen molar-refractivity contribution in [2.75, 3.05) is 6.54 Å². The van der Waals surface area contributed by atoms with Crippen LogP contribution >= 0.6 is 0 Å². The van der Waals surface area contributed by atoms with Crippen LogP contribution in [-0.4, -0.2) is 50.3 Å². The molecule has 2 aromatic heterocycles. The molecular weight excluding hydrogens is 399 g/mol. The van der Waals surface area contributed by atoms with Crippen molar-refractivity contribution < 1.29 is 14.0 Å². The number of nitrogens with zero attached hydrogens (tertiary/aromatic N) is 5. The lowest BCUT2D eigenvalue weighted by Gasteiger charge is -2.35. The fourth-order valence-electron chi connectivity index (χ4n) is 3.64. The molecule has 3 rings (SSSR count). The molecule has 9 heteroatoms. The van der Waals surface area contributed by atoms with E-state index in [-0.39, 0.29) is 40.5 Å². The molecule has 2 aromatic rings. The van der Waals surface area contributed by atoms with Crippen LogP contribution in [-0.2, 0) is 11.8 Å². The van der Waals surface area contributed by atoms with Crippen molar-refractivity contribution in [2.24, 2.45) is 23.7 Å². The lowest BCUT2D eigenvalue weighted by molar-refractivity contribution is -0.128. The van der Waals surface area contributed by atoms with E-state index in [1.807, 2.05) is 0 Å². The fourth-order valence-corrected chi connectivity index (χ4v) is 3.64. The van der Waals surface area contributed by atoms with E-state index < -0.39 is 11.7 Å². The summed E-state index contributed by atoms with van der Waals surface area (Å²) in [5.74, 6) is 0.543. The predicted octanol–water partition coefficient (Wildman–Crippen LogP) is 2.16. The highest BCUT2D eigenvalue weighted by Gasteiger charge is 2.29. The van der Waals surface area contributed by atoms with Crippen molar-refractivity contribution in [3.63, 3.8) is 0 Å². The summed E-state index contributed by atoms with van der Waals surface area (Å²) in [6, 6.07) is -0.306. The van der Waals surface area contributed by atoms with E-state index in [9.17, 15) is 14.0 Å². The Morgan fingerprint density at radius 1 is 1.45 bits per heavy atom. The van der Waals surface area contributed by atoms with E-state index >= 15 is 0 Å². The quantitative estimate of drug-likeness (QED) is 0.453. The number of pyridine rings is 1. The zero-order valence-electron chi connectivity index (χ0n) is 17.4. The number of carbonyl (C=O) groups is 2. The molecular formula is C22H23FN6O2. The van der Waals surface area contributed by atoms with E-state index in [2.05, 4.69) is 27.6 Å². The van der Waals surface area contributed by atoms with Gasteiger partial charge in [-0.3, -0.25) is 14.3 Å². The maximum atomic E-state index is 14.9. The van der Waals surface area contributed by atoms with Crippen molar-refractivity contribution in [2.45, 2.75) is 25.8 Å². The van der Waals surface area contributed by atoms with Gasteiger partial charge >= 0.3 is 0 Å². The second-order valence-corrected chi connectivity index (χ2v) is 7.36. The molecule has 0 aromatic carbocycles. The third-order valence-corrected chi connectivity index (χ3v) is 5.26. The summed E-state index contributed by atoms with van der Waals surface area (Å²) in [6.07, 6.45) is 12.8. The van der Waals surface area contributed by atoms with E-state index in [4.69, 9.17) is 12.2 Å². The minimum Gasteiger partial charge on any atom is -0.366 e. The standard InChI is InChI=1S/C22H23FN6O2/c1-5-16-8-7-14(11-29(16)17(30)6-2)9-25-22-19(23)13(3)18(21(24)31)20(27-22)15-10-26-28(4)12-15/h1,6,9-10,12,14,16H,2,7-8,11H2,3-4H3,(H2,24,31)/b25-9+/t14?,16-/m1/s1. The first kappa shape index (κ1) is 21.9. The van der Waals surface area contributed by atoms with Gasteiger partial charge in [0.1, 0.15) is 0 Å². The van der Waals surface area contributed by atoms with Crippen molar-refractivity contribution >= 4 is 23.8 Å². The van der Waals surface area contributed by atoms with Crippen LogP contribution < -0.4 is 5.73 Å². The second-order valence-electron chi connectivity index (χ2n) is 7.36. The summed E-state index contributed by atoms with van der Waals surface area (Å²) in [6.45, 7) is 5.31. The number of rotatable bonds is 5. The van der Waals surface area contributed by atoms with Crippen LogP contribution in [0.4, 0.5) is 10.2 Å². The number of carbonyl (C=O) groups excluding carboxylic acids is 2. The van der Waals surface area contributed by atoms with Gasteiger partial charge in [-0.25, -0.2) is 14.4 Å². The Morgan fingerprint density at radius 2 is 2.19 bits per heavy atom. The molecule has 0 bridgehead atoms. The SMILES string of the molecule is C#C[C@@H]1CCC(/C=N/c2nc(-c3cnn(C)c3)c(C(N)=O)c(C)c2F)CN1C(=O)C=C. The zero-order chi connectivity index (χ0) is 22.7. The van der Waals surface area contributed by atoms with Crippen LogP contribution in [0.2, 0.25) is 0 Å². The molecule has 1 unspecified atom stereocenters. The normalized spacial score (nSPS) is 18.7. The highest BCUT2D eigenvalue weighted by Crippen LogP contribution is 2.31. The van der Waals surface area contributed by atoms with Gasteiger partial charge in [0.2, 0.25) is 5.91 Å². The highest BCUT2D eigenvalue weighted by atomic mass is 19.1. The Kier molecular flexibility index (Phi) is 6.30. The van der Waals surface area contributed by atoms with Crippen LogP contribution in [0.25, 0.3) is 11.3 Å². The topological polar surface area (TPSA) is 106 Å². The van der Waals surface area contributed by atoms with Gasteiger partial charge in [-0.15, -0.1) is 6.42 Å². The number of terminal acetylenes is 1. The summed E-state index contributed by atoms with van der Waals surface area (Å²) >= 11 is 0. The smallest absolute Gasteiger partial charge is 0.251 e. The zero-order valence-corrected chi connectivity index (χ0v) is 17.4.